The number of aromatic nitrogens is 1. The predicted octanol–water partition coefficient (Wildman–Crippen LogP) is 4.07. The van der Waals surface area contributed by atoms with Crippen molar-refractivity contribution in [3.63, 3.8) is 0 Å². The molecule has 24 heavy (non-hydrogen) atoms. The van der Waals surface area contributed by atoms with Crippen LogP contribution in [0.2, 0.25) is 0 Å². The standard InChI is InChI=1S/C19H18N2O2S/c1-21(17-8-3-2-4-9-17)12-14-6-5-7-15(10-14)19-20-16(13-24-19)11-18(22)23/h2-10,13H,11-12H2,1H3,(H,22,23). The van der Waals surface area contributed by atoms with Gasteiger partial charge in [-0.3, -0.25) is 4.79 Å². The summed E-state index contributed by atoms with van der Waals surface area (Å²) in [5, 5.41) is 11.5. The minimum atomic E-state index is -0.856. The van der Waals surface area contributed by atoms with E-state index < -0.39 is 5.97 Å². The van der Waals surface area contributed by atoms with Crippen LogP contribution >= 0.6 is 11.3 Å². The smallest absolute Gasteiger partial charge is 0.309 e. The molecule has 1 heterocycles. The molecular formula is C19H18N2O2S. The molecule has 3 rings (SSSR count). The van der Waals surface area contributed by atoms with Gasteiger partial charge in [0, 0.05) is 30.2 Å². The molecule has 0 amide bonds. The maximum atomic E-state index is 10.8. The first kappa shape index (κ1) is 16.2. The van der Waals surface area contributed by atoms with Crippen LogP contribution < -0.4 is 4.90 Å². The Balaban J connectivity index is 1.76. The van der Waals surface area contributed by atoms with Gasteiger partial charge >= 0.3 is 5.97 Å². The summed E-state index contributed by atoms with van der Waals surface area (Å²) in [5.74, 6) is -0.856. The predicted molar refractivity (Wildman–Crippen MR) is 97.4 cm³/mol. The Labute approximate surface area is 145 Å². The molecule has 0 radical (unpaired) electrons. The van der Waals surface area contributed by atoms with Gasteiger partial charge in [-0.1, -0.05) is 36.4 Å². The van der Waals surface area contributed by atoms with Crippen LogP contribution in [-0.4, -0.2) is 23.1 Å². The van der Waals surface area contributed by atoms with Crippen LogP contribution in [-0.2, 0) is 17.8 Å². The van der Waals surface area contributed by atoms with Crippen LogP contribution in [0.1, 0.15) is 11.3 Å². The van der Waals surface area contributed by atoms with Crippen molar-refractivity contribution >= 4 is 23.0 Å². The molecule has 0 fully saturated rings. The molecule has 0 saturated carbocycles. The van der Waals surface area contributed by atoms with E-state index in [-0.39, 0.29) is 6.42 Å². The first-order chi connectivity index (χ1) is 11.6. The normalized spacial score (nSPS) is 10.5. The average molecular weight is 338 g/mol. The van der Waals surface area contributed by atoms with E-state index in [1.54, 1.807) is 0 Å². The third-order valence-corrected chi connectivity index (χ3v) is 4.61. The molecule has 122 valence electrons. The molecule has 0 aliphatic rings. The Morgan fingerprint density at radius 3 is 2.71 bits per heavy atom. The first-order valence-corrected chi connectivity index (χ1v) is 8.51. The Hall–Kier alpha value is -2.66. The second-order valence-corrected chi connectivity index (χ2v) is 6.46. The number of hydrogen-bond donors (Lipinski definition) is 1. The van der Waals surface area contributed by atoms with Gasteiger partial charge in [0.05, 0.1) is 12.1 Å². The summed E-state index contributed by atoms with van der Waals surface area (Å²) in [6.07, 6.45) is -0.0348. The van der Waals surface area contributed by atoms with Crippen molar-refractivity contribution in [1.29, 1.82) is 0 Å². The van der Waals surface area contributed by atoms with E-state index in [4.69, 9.17) is 5.11 Å². The molecule has 1 aromatic heterocycles. The van der Waals surface area contributed by atoms with Crippen LogP contribution in [0.25, 0.3) is 10.6 Å². The van der Waals surface area contributed by atoms with E-state index in [0.717, 1.165) is 17.1 Å². The van der Waals surface area contributed by atoms with Gasteiger partial charge in [0.2, 0.25) is 0 Å². The summed E-state index contributed by atoms with van der Waals surface area (Å²) < 4.78 is 0. The molecule has 2 aromatic carbocycles. The third-order valence-electron chi connectivity index (χ3n) is 3.67. The quantitative estimate of drug-likeness (QED) is 0.736. The van der Waals surface area contributed by atoms with Crippen molar-refractivity contribution < 1.29 is 9.90 Å². The highest BCUT2D eigenvalue weighted by Gasteiger charge is 2.09. The Morgan fingerprint density at radius 2 is 1.96 bits per heavy atom. The van der Waals surface area contributed by atoms with Gasteiger partial charge in [-0.2, -0.15) is 0 Å². The number of aliphatic carboxylic acids is 1. The lowest BCUT2D eigenvalue weighted by molar-refractivity contribution is -0.136. The topological polar surface area (TPSA) is 53.4 Å². The molecule has 4 nitrogen and oxygen atoms in total. The van der Waals surface area contributed by atoms with Crippen molar-refractivity contribution in [1.82, 2.24) is 4.98 Å². The second-order valence-electron chi connectivity index (χ2n) is 5.61. The fourth-order valence-corrected chi connectivity index (χ4v) is 3.34. The summed E-state index contributed by atoms with van der Waals surface area (Å²) >= 11 is 1.48. The minimum Gasteiger partial charge on any atom is -0.481 e. The van der Waals surface area contributed by atoms with Crippen LogP contribution in [0.5, 0.6) is 0 Å². The second kappa shape index (κ2) is 7.27. The lowest BCUT2D eigenvalue weighted by Gasteiger charge is -2.19. The minimum absolute atomic E-state index is 0.0348. The number of para-hydroxylation sites is 1. The Bertz CT molecular complexity index is 830. The highest BCUT2D eigenvalue weighted by molar-refractivity contribution is 7.13. The number of rotatable bonds is 6. The lowest BCUT2D eigenvalue weighted by Crippen LogP contribution is -2.16. The van der Waals surface area contributed by atoms with Crippen LogP contribution in [0.4, 0.5) is 5.69 Å². The van der Waals surface area contributed by atoms with E-state index in [1.807, 2.05) is 35.7 Å². The van der Waals surface area contributed by atoms with Crippen LogP contribution in [0.15, 0.2) is 60.0 Å². The van der Waals surface area contributed by atoms with E-state index in [9.17, 15) is 4.79 Å². The van der Waals surface area contributed by atoms with Crippen LogP contribution in [0, 0.1) is 0 Å². The summed E-state index contributed by atoms with van der Waals surface area (Å²) in [4.78, 5) is 17.4. The number of benzene rings is 2. The van der Waals surface area contributed by atoms with Gasteiger partial charge in [-0.05, 0) is 23.8 Å². The molecule has 0 saturated heterocycles. The zero-order chi connectivity index (χ0) is 16.9. The molecule has 0 aliphatic heterocycles. The molecule has 0 aliphatic carbocycles. The number of hydrogen-bond acceptors (Lipinski definition) is 4. The highest BCUT2D eigenvalue weighted by atomic mass is 32.1. The Morgan fingerprint density at radius 1 is 1.17 bits per heavy atom. The van der Waals surface area contributed by atoms with Crippen molar-refractivity contribution in [2.75, 3.05) is 11.9 Å². The van der Waals surface area contributed by atoms with Crippen molar-refractivity contribution in [2.45, 2.75) is 13.0 Å². The fraction of sp³-hybridized carbons (Fsp3) is 0.158. The fourth-order valence-electron chi connectivity index (χ4n) is 2.53. The van der Waals surface area contributed by atoms with Crippen molar-refractivity contribution in [3.05, 3.63) is 71.2 Å². The number of thiazole rings is 1. The largest absolute Gasteiger partial charge is 0.481 e. The third kappa shape index (κ3) is 4.00. The molecule has 3 aromatic rings. The van der Waals surface area contributed by atoms with Crippen molar-refractivity contribution in [2.24, 2.45) is 0 Å². The van der Waals surface area contributed by atoms with E-state index in [0.29, 0.717) is 5.69 Å². The zero-order valence-corrected chi connectivity index (χ0v) is 14.2. The van der Waals surface area contributed by atoms with Gasteiger partial charge in [0.1, 0.15) is 5.01 Å². The lowest BCUT2D eigenvalue weighted by atomic mass is 10.1. The summed E-state index contributed by atoms with van der Waals surface area (Å²) in [6.45, 7) is 0.797. The molecule has 0 unspecified atom stereocenters. The average Bonchev–Trinajstić information content (AvgIpc) is 3.03. The number of carbonyl (C=O) groups is 1. The molecular weight excluding hydrogens is 320 g/mol. The summed E-state index contributed by atoms with van der Waals surface area (Å²) in [6, 6.07) is 18.5. The Kier molecular flexibility index (Phi) is 4.91. The maximum absolute atomic E-state index is 10.8. The first-order valence-electron chi connectivity index (χ1n) is 7.63. The molecule has 1 N–H and O–H groups in total. The maximum Gasteiger partial charge on any atom is 0.309 e. The zero-order valence-electron chi connectivity index (χ0n) is 13.3. The van der Waals surface area contributed by atoms with E-state index in [2.05, 4.69) is 41.2 Å². The number of carboxylic acid groups (broad SMARTS) is 1. The highest BCUT2D eigenvalue weighted by Crippen LogP contribution is 2.25. The van der Waals surface area contributed by atoms with Gasteiger partial charge in [-0.25, -0.2) is 4.98 Å². The molecule has 0 bridgehead atoms. The van der Waals surface area contributed by atoms with Gasteiger partial charge in [-0.15, -0.1) is 11.3 Å². The summed E-state index contributed by atoms with van der Waals surface area (Å²) in [5.41, 5.74) is 3.99. The van der Waals surface area contributed by atoms with Crippen molar-refractivity contribution in [3.8, 4) is 10.6 Å². The van der Waals surface area contributed by atoms with Gasteiger partial charge < -0.3 is 10.0 Å². The van der Waals surface area contributed by atoms with Crippen LogP contribution in [0.3, 0.4) is 0 Å². The number of anilines is 1. The van der Waals surface area contributed by atoms with E-state index in [1.165, 1.54) is 22.6 Å². The molecule has 5 heteroatoms. The summed E-state index contributed by atoms with van der Waals surface area (Å²) in [7, 11) is 2.07. The van der Waals surface area contributed by atoms with Gasteiger partial charge in [0.25, 0.3) is 0 Å². The van der Waals surface area contributed by atoms with E-state index >= 15 is 0 Å². The van der Waals surface area contributed by atoms with Gasteiger partial charge in [0.15, 0.2) is 0 Å². The number of nitrogens with zero attached hydrogens (tertiary/aromatic N) is 2. The number of carboxylic acids is 1. The molecule has 0 atom stereocenters. The monoisotopic (exact) mass is 338 g/mol. The molecule has 0 spiro atoms. The SMILES string of the molecule is CN(Cc1cccc(-c2nc(CC(=O)O)cs2)c1)c1ccccc1.